The monoisotopic (exact) mass is 512 g/mol. The summed E-state index contributed by atoms with van der Waals surface area (Å²) in [7, 11) is -5.92. The lowest BCUT2D eigenvalue weighted by molar-refractivity contribution is -0.433. The highest BCUT2D eigenvalue weighted by Gasteiger charge is 2.92. The standard InChI is InChI=1S/C12H13F13N2O3S/c1-6(28)27(2)5-3-4-26-31(29,30)12(24,25)10(19,20)8(15,16)7(13,14)9(17,18)11(21,22)23/h26H,3-5H2,1-2H3. The zero-order chi connectivity index (χ0) is 25.5. The third-order valence-corrected chi connectivity index (χ3v) is 5.26. The molecule has 0 rings (SSSR count). The number of hydrogen-bond acceptors (Lipinski definition) is 3. The van der Waals surface area contributed by atoms with E-state index in [0.29, 0.717) is 4.72 Å². The highest BCUT2D eigenvalue weighted by atomic mass is 32.2. The molecule has 19 heteroatoms. The van der Waals surface area contributed by atoms with Crippen LogP contribution in [0.15, 0.2) is 0 Å². The van der Waals surface area contributed by atoms with E-state index >= 15 is 0 Å². The fourth-order valence-corrected chi connectivity index (χ4v) is 2.75. The van der Waals surface area contributed by atoms with Gasteiger partial charge in [-0.3, -0.25) is 4.79 Å². The normalized spacial score (nSPS) is 15.2. The van der Waals surface area contributed by atoms with Crippen LogP contribution in [0.25, 0.3) is 0 Å². The van der Waals surface area contributed by atoms with Crippen molar-refractivity contribution < 1.29 is 70.3 Å². The van der Waals surface area contributed by atoms with E-state index in [1.54, 1.807) is 0 Å². The van der Waals surface area contributed by atoms with Crippen LogP contribution in [0.1, 0.15) is 13.3 Å². The van der Waals surface area contributed by atoms with Gasteiger partial charge in [0.1, 0.15) is 0 Å². The lowest BCUT2D eigenvalue weighted by Gasteiger charge is -2.39. The molecule has 0 bridgehead atoms. The Bertz CT molecular complexity index is 764. The first-order valence-electron chi connectivity index (χ1n) is 7.49. The van der Waals surface area contributed by atoms with Crippen molar-refractivity contribution in [3.63, 3.8) is 0 Å². The van der Waals surface area contributed by atoms with E-state index in [1.165, 1.54) is 0 Å². The van der Waals surface area contributed by atoms with Crippen molar-refractivity contribution in [2.45, 2.75) is 48.5 Å². The Morgan fingerprint density at radius 2 is 1.16 bits per heavy atom. The van der Waals surface area contributed by atoms with Gasteiger partial charge < -0.3 is 4.90 Å². The molecule has 0 aliphatic heterocycles. The molecule has 1 amide bonds. The third-order valence-electron chi connectivity index (χ3n) is 3.74. The Hall–Kier alpha value is -1.53. The zero-order valence-electron chi connectivity index (χ0n) is 15.1. The summed E-state index contributed by atoms with van der Waals surface area (Å²) in [6, 6.07) is 0. The lowest BCUT2D eigenvalue weighted by atomic mass is 9.98. The number of hydrogen-bond donors (Lipinski definition) is 1. The number of sulfonamides is 1. The molecule has 0 aromatic rings. The number of carbonyl (C=O) groups excluding carboxylic acids is 1. The van der Waals surface area contributed by atoms with Crippen LogP contribution in [-0.2, 0) is 14.8 Å². The lowest BCUT2D eigenvalue weighted by Crippen LogP contribution is -2.71. The third kappa shape index (κ3) is 4.80. The Morgan fingerprint density at radius 3 is 1.52 bits per heavy atom. The maximum Gasteiger partial charge on any atom is 0.460 e. The SMILES string of the molecule is CC(=O)N(C)CCCNS(=O)(=O)C(F)(F)C(F)(F)C(F)(F)C(F)(F)C(F)(F)C(F)(F)F. The van der Waals surface area contributed by atoms with Crippen molar-refractivity contribution in [1.29, 1.82) is 0 Å². The molecule has 0 unspecified atom stereocenters. The van der Waals surface area contributed by atoms with Crippen molar-refractivity contribution in [2.75, 3.05) is 20.1 Å². The summed E-state index contributed by atoms with van der Waals surface area (Å²) in [4.78, 5) is 11.7. The van der Waals surface area contributed by atoms with Crippen molar-refractivity contribution in [2.24, 2.45) is 0 Å². The van der Waals surface area contributed by atoms with Gasteiger partial charge in [-0.1, -0.05) is 0 Å². The number of carbonyl (C=O) groups is 1. The average molecular weight is 512 g/mol. The van der Waals surface area contributed by atoms with Gasteiger partial charge in [0.05, 0.1) is 0 Å². The summed E-state index contributed by atoms with van der Waals surface area (Å²) < 4.78 is 191. The van der Waals surface area contributed by atoms with Crippen LogP contribution in [-0.4, -0.2) is 74.5 Å². The molecule has 0 saturated carbocycles. The largest absolute Gasteiger partial charge is 0.460 e. The molecule has 0 aromatic carbocycles. The van der Waals surface area contributed by atoms with E-state index in [0.717, 1.165) is 18.9 Å². The Labute approximate surface area is 165 Å². The molecule has 186 valence electrons. The van der Waals surface area contributed by atoms with Crippen molar-refractivity contribution in [3.05, 3.63) is 0 Å². The second-order valence-corrected chi connectivity index (χ2v) is 7.81. The topological polar surface area (TPSA) is 66.5 Å². The van der Waals surface area contributed by atoms with E-state index in [9.17, 15) is 70.3 Å². The Balaban J connectivity index is 5.97. The first-order chi connectivity index (χ1) is 13.3. The van der Waals surface area contributed by atoms with E-state index in [4.69, 9.17) is 0 Å². The van der Waals surface area contributed by atoms with Crippen LogP contribution < -0.4 is 4.72 Å². The minimum Gasteiger partial charge on any atom is -0.346 e. The predicted molar refractivity (Wildman–Crippen MR) is 75.6 cm³/mol. The number of rotatable bonds is 10. The molecule has 5 nitrogen and oxygen atoms in total. The summed E-state index contributed by atoms with van der Waals surface area (Å²) >= 11 is 0. The minimum atomic E-state index is -8.20. The maximum atomic E-state index is 13.6. The minimum absolute atomic E-state index is 0.397. The van der Waals surface area contributed by atoms with Gasteiger partial charge in [-0.15, -0.1) is 0 Å². The van der Waals surface area contributed by atoms with Gasteiger partial charge in [0.15, 0.2) is 0 Å². The van der Waals surface area contributed by atoms with Crippen molar-refractivity contribution >= 4 is 15.9 Å². The summed E-state index contributed by atoms with van der Waals surface area (Å²) in [6.45, 7) is -0.657. The molecule has 0 aromatic heterocycles. The van der Waals surface area contributed by atoms with Gasteiger partial charge in [-0.2, -0.15) is 57.1 Å². The van der Waals surface area contributed by atoms with Crippen LogP contribution in [0, 0.1) is 0 Å². The molecule has 0 saturated heterocycles. The number of amides is 1. The van der Waals surface area contributed by atoms with Gasteiger partial charge in [-0.05, 0) is 6.42 Å². The molecule has 31 heavy (non-hydrogen) atoms. The van der Waals surface area contributed by atoms with Crippen LogP contribution in [0.3, 0.4) is 0 Å². The van der Waals surface area contributed by atoms with Crippen LogP contribution in [0.4, 0.5) is 57.1 Å². The molecular weight excluding hydrogens is 499 g/mol. The van der Waals surface area contributed by atoms with Gasteiger partial charge >= 0.3 is 35.1 Å². The van der Waals surface area contributed by atoms with E-state index in [-0.39, 0.29) is 0 Å². The molecular formula is C12H13F13N2O3S. The van der Waals surface area contributed by atoms with E-state index in [1.807, 2.05) is 0 Å². The summed E-state index contributed by atoms with van der Waals surface area (Å²) in [5.41, 5.74) is 0. The Morgan fingerprint density at radius 1 is 0.774 bits per heavy atom. The fourth-order valence-electron chi connectivity index (χ4n) is 1.69. The summed E-state index contributed by atoms with van der Waals surface area (Å²) in [5.74, 6) is -32.9. The first-order valence-corrected chi connectivity index (χ1v) is 8.98. The van der Waals surface area contributed by atoms with Crippen molar-refractivity contribution in [1.82, 2.24) is 9.62 Å². The van der Waals surface area contributed by atoms with Gasteiger partial charge in [0.25, 0.3) is 10.0 Å². The Kier molecular flexibility index (Phi) is 8.02. The molecule has 0 aliphatic carbocycles. The van der Waals surface area contributed by atoms with Gasteiger partial charge in [0, 0.05) is 27.1 Å². The van der Waals surface area contributed by atoms with E-state index < -0.39 is 70.6 Å². The quantitative estimate of drug-likeness (QED) is 0.360. The number of halogens is 13. The highest BCUT2D eigenvalue weighted by Crippen LogP contribution is 2.60. The maximum absolute atomic E-state index is 13.6. The highest BCUT2D eigenvalue weighted by molar-refractivity contribution is 7.90. The molecule has 0 radical (unpaired) electrons. The second kappa shape index (κ2) is 8.43. The fraction of sp³-hybridized carbons (Fsp3) is 0.917. The number of alkyl halides is 13. The molecule has 1 N–H and O–H groups in total. The number of nitrogens with zero attached hydrogens (tertiary/aromatic N) is 1. The van der Waals surface area contributed by atoms with Crippen molar-refractivity contribution in [3.8, 4) is 0 Å². The van der Waals surface area contributed by atoms with Gasteiger partial charge in [-0.25, -0.2) is 13.1 Å². The van der Waals surface area contributed by atoms with Crippen LogP contribution in [0.2, 0.25) is 0 Å². The summed E-state index contributed by atoms with van der Waals surface area (Å²) in [6.07, 6.45) is -8.19. The van der Waals surface area contributed by atoms with E-state index in [2.05, 4.69) is 0 Å². The molecule has 0 aliphatic rings. The smallest absolute Gasteiger partial charge is 0.346 e. The molecule has 0 heterocycles. The summed E-state index contributed by atoms with van der Waals surface area (Å²) in [5, 5.41) is -7.28. The predicted octanol–water partition coefficient (Wildman–Crippen LogP) is 3.47. The van der Waals surface area contributed by atoms with Crippen LogP contribution >= 0.6 is 0 Å². The molecule has 0 spiro atoms. The second-order valence-electron chi connectivity index (χ2n) is 6.00. The van der Waals surface area contributed by atoms with Gasteiger partial charge in [0.2, 0.25) is 5.91 Å². The van der Waals surface area contributed by atoms with Crippen LogP contribution in [0.5, 0.6) is 0 Å². The average Bonchev–Trinajstić information content (AvgIpc) is 2.56. The molecule has 0 atom stereocenters. The number of nitrogens with one attached hydrogen (secondary N) is 1. The first kappa shape index (κ1) is 29.5. The molecule has 0 fully saturated rings. The zero-order valence-corrected chi connectivity index (χ0v) is 15.9.